The average molecular weight is 370 g/mol. The average Bonchev–Trinajstić information content (AvgIpc) is 2.61. The van der Waals surface area contributed by atoms with Gasteiger partial charge >= 0.3 is 5.63 Å². The highest BCUT2D eigenvalue weighted by molar-refractivity contribution is 7.80. The highest BCUT2D eigenvalue weighted by Gasteiger charge is 2.07. The minimum atomic E-state index is -0.377. The quantitative estimate of drug-likeness (QED) is 0.532. The highest BCUT2D eigenvalue weighted by Crippen LogP contribution is 2.30. The highest BCUT2D eigenvalue weighted by atomic mass is 32.1. The van der Waals surface area contributed by atoms with E-state index in [1.165, 1.54) is 6.07 Å². The molecule has 1 aromatic heterocycles. The van der Waals surface area contributed by atoms with Crippen molar-refractivity contribution in [3.63, 3.8) is 0 Å². The molecule has 1 heterocycles. The van der Waals surface area contributed by atoms with Crippen LogP contribution in [0.2, 0.25) is 0 Å². The van der Waals surface area contributed by atoms with Crippen LogP contribution in [0, 0.1) is 6.92 Å². The number of ether oxygens (including phenoxy) is 2. The Labute approximate surface area is 155 Å². The number of hydrogen-bond acceptors (Lipinski definition) is 5. The monoisotopic (exact) mass is 370 g/mol. The lowest BCUT2D eigenvalue weighted by Gasteiger charge is -2.13. The molecule has 0 aliphatic heterocycles. The molecule has 134 valence electrons. The SMILES string of the molecule is COc1ccc(NC(=S)Nc2ccc3c(C)cc(=O)oc3c2)cc1OC. The van der Waals surface area contributed by atoms with Crippen LogP contribution in [0.25, 0.3) is 11.0 Å². The third-order valence-electron chi connectivity index (χ3n) is 3.85. The topological polar surface area (TPSA) is 72.7 Å². The van der Waals surface area contributed by atoms with Crippen molar-refractivity contribution in [2.45, 2.75) is 6.92 Å². The second-order valence-electron chi connectivity index (χ2n) is 5.61. The van der Waals surface area contributed by atoms with Crippen LogP contribution in [0.1, 0.15) is 5.56 Å². The Bertz CT molecular complexity index is 1030. The number of benzene rings is 2. The fourth-order valence-electron chi connectivity index (χ4n) is 2.61. The lowest BCUT2D eigenvalue weighted by atomic mass is 10.1. The Kier molecular flexibility index (Phi) is 5.09. The van der Waals surface area contributed by atoms with Crippen LogP contribution in [0.4, 0.5) is 11.4 Å². The fourth-order valence-corrected chi connectivity index (χ4v) is 2.85. The molecule has 0 radical (unpaired) electrons. The lowest BCUT2D eigenvalue weighted by molar-refractivity contribution is 0.355. The van der Waals surface area contributed by atoms with Crippen molar-refractivity contribution in [2.24, 2.45) is 0 Å². The smallest absolute Gasteiger partial charge is 0.336 e. The van der Waals surface area contributed by atoms with Crippen LogP contribution in [0.5, 0.6) is 11.5 Å². The maximum atomic E-state index is 11.5. The first kappa shape index (κ1) is 17.8. The minimum Gasteiger partial charge on any atom is -0.493 e. The van der Waals surface area contributed by atoms with E-state index in [0.29, 0.717) is 27.9 Å². The van der Waals surface area contributed by atoms with E-state index in [0.717, 1.165) is 16.6 Å². The van der Waals surface area contributed by atoms with Crippen molar-refractivity contribution < 1.29 is 13.9 Å². The van der Waals surface area contributed by atoms with Gasteiger partial charge in [0.05, 0.1) is 14.2 Å². The Balaban J connectivity index is 1.78. The molecule has 0 saturated carbocycles. The van der Waals surface area contributed by atoms with E-state index in [1.807, 2.05) is 25.1 Å². The molecule has 3 rings (SSSR count). The summed E-state index contributed by atoms with van der Waals surface area (Å²) in [5.74, 6) is 1.24. The fraction of sp³-hybridized carbons (Fsp3) is 0.158. The van der Waals surface area contributed by atoms with Gasteiger partial charge in [0, 0.05) is 35.0 Å². The number of methoxy groups -OCH3 is 2. The maximum absolute atomic E-state index is 11.5. The van der Waals surface area contributed by atoms with Crippen molar-refractivity contribution in [3.8, 4) is 11.5 Å². The number of anilines is 2. The van der Waals surface area contributed by atoms with Crippen molar-refractivity contribution in [2.75, 3.05) is 24.9 Å². The standard InChI is InChI=1S/C19H18N2O4S/c1-11-8-18(22)25-16-9-12(4-6-14(11)16)20-19(26)21-13-5-7-15(23-2)17(10-13)24-3/h4-10H,1-3H3,(H2,20,21,26). The summed E-state index contributed by atoms with van der Waals surface area (Å²) in [6.07, 6.45) is 0. The van der Waals surface area contributed by atoms with E-state index in [1.54, 1.807) is 32.4 Å². The first-order valence-electron chi connectivity index (χ1n) is 7.84. The second-order valence-corrected chi connectivity index (χ2v) is 6.02. The molecule has 0 saturated heterocycles. The van der Waals surface area contributed by atoms with Crippen LogP contribution in [0.3, 0.4) is 0 Å². The molecule has 7 heteroatoms. The third kappa shape index (κ3) is 3.78. The Morgan fingerprint density at radius 1 is 0.962 bits per heavy atom. The minimum absolute atomic E-state index is 0.377. The van der Waals surface area contributed by atoms with Gasteiger partial charge in [-0.3, -0.25) is 0 Å². The first-order chi connectivity index (χ1) is 12.5. The van der Waals surface area contributed by atoms with Crippen molar-refractivity contribution in [3.05, 3.63) is 58.4 Å². The number of thiocarbonyl (C=S) groups is 1. The van der Waals surface area contributed by atoms with Crippen LogP contribution < -0.4 is 25.7 Å². The van der Waals surface area contributed by atoms with Gasteiger partial charge in [-0.05, 0) is 49.0 Å². The van der Waals surface area contributed by atoms with Gasteiger partial charge in [-0.2, -0.15) is 0 Å². The third-order valence-corrected chi connectivity index (χ3v) is 4.05. The molecular weight excluding hydrogens is 352 g/mol. The molecule has 0 aliphatic rings. The molecule has 0 fully saturated rings. The summed E-state index contributed by atoms with van der Waals surface area (Å²) in [7, 11) is 3.15. The predicted molar refractivity (Wildman–Crippen MR) is 107 cm³/mol. The molecule has 3 aromatic rings. The summed E-state index contributed by atoms with van der Waals surface area (Å²) in [5, 5.41) is 7.43. The molecule has 2 aromatic carbocycles. The molecule has 2 N–H and O–H groups in total. The van der Waals surface area contributed by atoms with Crippen LogP contribution in [-0.4, -0.2) is 19.3 Å². The molecular formula is C19H18N2O4S. The Morgan fingerprint density at radius 2 is 1.62 bits per heavy atom. The van der Waals surface area contributed by atoms with Crippen molar-refractivity contribution in [1.82, 2.24) is 0 Å². The van der Waals surface area contributed by atoms with E-state index in [2.05, 4.69) is 10.6 Å². The van der Waals surface area contributed by atoms with Gasteiger partial charge in [-0.1, -0.05) is 0 Å². The molecule has 26 heavy (non-hydrogen) atoms. The predicted octanol–water partition coefficient (Wildman–Crippen LogP) is 3.93. The normalized spacial score (nSPS) is 10.4. The summed E-state index contributed by atoms with van der Waals surface area (Å²) < 4.78 is 15.7. The largest absolute Gasteiger partial charge is 0.493 e. The van der Waals surface area contributed by atoms with Crippen LogP contribution in [0.15, 0.2) is 51.7 Å². The zero-order valence-electron chi connectivity index (χ0n) is 14.6. The number of rotatable bonds is 4. The molecule has 0 atom stereocenters. The zero-order valence-corrected chi connectivity index (χ0v) is 15.4. The van der Waals surface area contributed by atoms with Crippen LogP contribution in [-0.2, 0) is 0 Å². The van der Waals surface area contributed by atoms with Gasteiger partial charge in [0.25, 0.3) is 0 Å². The summed E-state index contributed by atoms with van der Waals surface area (Å²) >= 11 is 5.35. The van der Waals surface area contributed by atoms with Gasteiger partial charge in [-0.15, -0.1) is 0 Å². The molecule has 6 nitrogen and oxygen atoms in total. The Morgan fingerprint density at radius 3 is 2.31 bits per heavy atom. The van der Waals surface area contributed by atoms with Gasteiger partial charge in [0.15, 0.2) is 16.6 Å². The Hall–Kier alpha value is -3.06. The van der Waals surface area contributed by atoms with E-state index in [4.69, 9.17) is 26.1 Å². The summed E-state index contributed by atoms with van der Waals surface area (Å²) in [6, 6.07) is 12.4. The van der Waals surface area contributed by atoms with Crippen molar-refractivity contribution >= 4 is 39.7 Å². The van der Waals surface area contributed by atoms with E-state index in [9.17, 15) is 4.79 Å². The van der Waals surface area contributed by atoms with Gasteiger partial charge in [-0.25, -0.2) is 4.79 Å². The summed E-state index contributed by atoms with van der Waals surface area (Å²) in [5.41, 5.74) is 2.47. The van der Waals surface area contributed by atoms with Gasteiger partial charge in [0.2, 0.25) is 0 Å². The van der Waals surface area contributed by atoms with E-state index in [-0.39, 0.29) is 5.63 Å². The first-order valence-corrected chi connectivity index (χ1v) is 8.25. The maximum Gasteiger partial charge on any atom is 0.336 e. The van der Waals surface area contributed by atoms with Gasteiger partial charge in [0.1, 0.15) is 5.58 Å². The van der Waals surface area contributed by atoms with Crippen molar-refractivity contribution in [1.29, 1.82) is 0 Å². The number of aryl methyl sites for hydroxylation is 1. The molecule has 0 bridgehead atoms. The molecule has 0 spiro atoms. The summed E-state index contributed by atoms with van der Waals surface area (Å²) in [4.78, 5) is 11.5. The summed E-state index contributed by atoms with van der Waals surface area (Å²) in [6.45, 7) is 1.87. The number of nitrogens with one attached hydrogen (secondary N) is 2. The molecule has 0 aliphatic carbocycles. The second kappa shape index (κ2) is 7.45. The van der Waals surface area contributed by atoms with Gasteiger partial charge < -0.3 is 24.5 Å². The van der Waals surface area contributed by atoms with E-state index < -0.39 is 0 Å². The van der Waals surface area contributed by atoms with Crippen LogP contribution >= 0.6 is 12.2 Å². The lowest BCUT2D eigenvalue weighted by Crippen LogP contribution is -2.19. The zero-order chi connectivity index (χ0) is 18.7. The molecule has 0 unspecified atom stereocenters. The van der Waals surface area contributed by atoms with E-state index >= 15 is 0 Å². The number of hydrogen-bond donors (Lipinski definition) is 2. The number of fused-ring (bicyclic) bond motifs is 1. The molecule has 0 amide bonds.